The number of rotatable bonds is 5. The van der Waals surface area contributed by atoms with Gasteiger partial charge in [0.2, 0.25) is 5.91 Å². The largest absolute Gasteiger partial charge is 0.400 e. The zero-order valence-corrected chi connectivity index (χ0v) is 18.2. The normalized spacial score (nSPS) is 20.3. The van der Waals surface area contributed by atoms with Gasteiger partial charge in [0.1, 0.15) is 5.41 Å². The molecular weight excluding hydrogens is 436 g/mol. The Morgan fingerprint density at radius 3 is 2.30 bits per heavy atom. The monoisotopic (exact) mass is 458 g/mol. The summed E-state index contributed by atoms with van der Waals surface area (Å²) in [4.78, 5) is 13.3. The van der Waals surface area contributed by atoms with Crippen molar-refractivity contribution in [1.82, 2.24) is 5.32 Å². The summed E-state index contributed by atoms with van der Waals surface area (Å²) in [6.07, 6.45) is -4.14. The van der Waals surface area contributed by atoms with Gasteiger partial charge in [0.25, 0.3) is 0 Å². The summed E-state index contributed by atoms with van der Waals surface area (Å²) < 4.78 is 42.7. The van der Waals surface area contributed by atoms with Gasteiger partial charge in [-0.25, -0.2) is 0 Å². The van der Waals surface area contributed by atoms with Crippen molar-refractivity contribution in [2.75, 3.05) is 18.0 Å². The van der Waals surface area contributed by atoms with Crippen molar-refractivity contribution in [1.29, 1.82) is 0 Å². The van der Waals surface area contributed by atoms with Crippen molar-refractivity contribution < 1.29 is 18.0 Å². The van der Waals surface area contributed by atoms with Gasteiger partial charge in [-0.3, -0.25) is 4.79 Å². The summed E-state index contributed by atoms with van der Waals surface area (Å²) in [6.45, 7) is 3.69. The SMILES string of the molecule is CCC(=O)NC(C)c1ccc(N2CCC(c3cc(Cl)cc(Cl)c3)(C(F)(F)F)C2)cc1. The molecule has 30 heavy (non-hydrogen) atoms. The Labute approximate surface area is 184 Å². The van der Waals surface area contributed by atoms with Gasteiger partial charge in [0.15, 0.2) is 0 Å². The summed E-state index contributed by atoms with van der Waals surface area (Å²) in [6, 6.07) is 11.2. The number of amides is 1. The Balaban J connectivity index is 1.85. The average molecular weight is 459 g/mol. The number of nitrogens with zero attached hydrogens (tertiary/aromatic N) is 1. The van der Waals surface area contributed by atoms with E-state index in [4.69, 9.17) is 23.2 Å². The van der Waals surface area contributed by atoms with Crippen LogP contribution >= 0.6 is 23.2 Å². The van der Waals surface area contributed by atoms with Crippen molar-refractivity contribution in [2.45, 2.75) is 44.3 Å². The van der Waals surface area contributed by atoms with E-state index in [-0.39, 0.29) is 47.1 Å². The van der Waals surface area contributed by atoms with Gasteiger partial charge >= 0.3 is 6.18 Å². The second-order valence-corrected chi connectivity index (χ2v) is 8.52. The molecule has 1 N–H and O–H groups in total. The minimum atomic E-state index is -4.45. The number of carbonyl (C=O) groups excluding carboxylic acids is 1. The van der Waals surface area contributed by atoms with Gasteiger partial charge in [-0.15, -0.1) is 0 Å². The van der Waals surface area contributed by atoms with Crippen molar-refractivity contribution in [3.8, 4) is 0 Å². The molecule has 0 radical (unpaired) electrons. The maximum Gasteiger partial charge on any atom is 0.400 e. The van der Waals surface area contributed by atoms with Crippen LogP contribution in [0.1, 0.15) is 43.9 Å². The summed E-state index contributed by atoms with van der Waals surface area (Å²) in [5, 5.41) is 3.25. The lowest BCUT2D eigenvalue weighted by Gasteiger charge is -2.33. The first kappa shape index (κ1) is 22.8. The molecular formula is C22H23Cl2F3N2O. The fraction of sp³-hybridized carbons (Fsp3) is 0.409. The number of hydrogen-bond acceptors (Lipinski definition) is 2. The van der Waals surface area contributed by atoms with E-state index < -0.39 is 11.6 Å². The molecule has 8 heteroatoms. The zero-order chi connectivity index (χ0) is 22.1. The highest BCUT2D eigenvalue weighted by atomic mass is 35.5. The predicted octanol–water partition coefficient (Wildman–Crippen LogP) is 6.29. The molecule has 2 aromatic carbocycles. The molecule has 2 atom stereocenters. The Kier molecular flexibility index (Phi) is 6.58. The number of carbonyl (C=O) groups is 1. The Bertz CT molecular complexity index is 897. The summed E-state index contributed by atoms with van der Waals surface area (Å²) in [5.41, 5.74) is -0.360. The van der Waals surface area contributed by atoms with Gasteiger partial charge in [-0.1, -0.05) is 42.3 Å². The highest BCUT2D eigenvalue weighted by molar-refractivity contribution is 6.34. The smallest absolute Gasteiger partial charge is 0.370 e. The standard InChI is InChI=1S/C22H23Cl2F3N2O/c1-3-20(30)28-14(2)15-4-6-19(7-5-15)29-9-8-21(13-29,22(25,26)27)16-10-17(23)12-18(24)11-16/h4-7,10-12,14H,3,8-9,13H2,1-2H3,(H,28,30). The van der Waals surface area contributed by atoms with Crippen molar-refractivity contribution in [3.63, 3.8) is 0 Å². The average Bonchev–Trinajstić information content (AvgIpc) is 3.14. The lowest BCUT2D eigenvalue weighted by Crippen LogP contribution is -2.44. The molecule has 3 rings (SSSR count). The van der Waals surface area contributed by atoms with Gasteiger partial charge < -0.3 is 10.2 Å². The molecule has 0 saturated carbocycles. The second kappa shape index (κ2) is 8.67. The molecule has 1 aliphatic rings. The Morgan fingerprint density at radius 2 is 1.77 bits per heavy atom. The molecule has 1 aliphatic heterocycles. The number of benzene rings is 2. The predicted molar refractivity (Wildman–Crippen MR) is 114 cm³/mol. The maximum atomic E-state index is 14.2. The molecule has 1 amide bonds. The molecule has 2 unspecified atom stereocenters. The maximum absolute atomic E-state index is 14.2. The van der Waals surface area contributed by atoms with E-state index >= 15 is 0 Å². The summed E-state index contributed by atoms with van der Waals surface area (Å²) in [5.74, 6) is -0.0544. The van der Waals surface area contributed by atoms with Gasteiger partial charge in [-0.2, -0.15) is 13.2 Å². The lowest BCUT2D eigenvalue weighted by molar-refractivity contribution is -0.184. The van der Waals surface area contributed by atoms with Gasteiger partial charge in [0.05, 0.1) is 6.04 Å². The van der Waals surface area contributed by atoms with E-state index in [1.807, 2.05) is 19.1 Å². The fourth-order valence-electron chi connectivity index (χ4n) is 3.89. The highest BCUT2D eigenvalue weighted by Crippen LogP contribution is 2.49. The molecule has 1 heterocycles. The number of halogens is 5. The van der Waals surface area contributed by atoms with Crippen LogP contribution in [0.5, 0.6) is 0 Å². The second-order valence-electron chi connectivity index (χ2n) is 7.64. The van der Waals surface area contributed by atoms with Gasteiger partial charge in [0, 0.05) is 35.2 Å². The van der Waals surface area contributed by atoms with Crippen LogP contribution < -0.4 is 10.2 Å². The number of hydrogen-bond donors (Lipinski definition) is 1. The molecule has 1 fully saturated rings. The van der Waals surface area contributed by atoms with Crippen LogP contribution in [-0.4, -0.2) is 25.2 Å². The minimum Gasteiger partial charge on any atom is -0.370 e. The third-order valence-corrected chi connectivity index (χ3v) is 6.12. The highest BCUT2D eigenvalue weighted by Gasteiger charge is 2.59. The first-order chi connectivity index (χ1) is 14.1. The molecule has 0 bridgehead atoms. The van der Waals surface area contributed by atoms with E-state index in [1.54, 1.807) is 24.0 Å². The topological polar surface area (TPSA) is 32.3 Å². The van der Waals surface area contributed by atoms with E-state index in [1.165, 1.54) is 18.2 Å². The fourth-order valence-corrected chi connectivity index (χ4v) is 4.42. The molecule has 0 spiro atoms. The quantitative estimate of drug-likeness (QED) is 0.570. The lowest BCUT2D eigenvalue weighted by atomic mass is 9.79. The summed E-state index contributed by atoms with van der Waals surface area (Å²) in [7, 11) is 0. The Hall–Kier alpha value is -1.92. The van der Waals surface area contributed by atoms with Gasteiger partial charge in [-0.05, 0) is 54.8 Å². The first-order valence-corrected chi connectivity index (χ1v) is 10.5. The van der Waals surface area contributed by atoms with Crippen molar-refractivity contribution in [2.24, 2.45) is 0 Å². The van der Waals surface area contributed by atoms with Crippen LogP contribution in [0.4, 0.5) is 18.9 Å². The number of alkyl halides is 3. The molecule has 0 aromatic heterocycles. The van der Waals surface area contributed by atoms with Crippen LogP contribution in [0.25, 0.3) is 0 Å². The van der Waals surface area contributed by atoms with Crippen molar-refractivity contribution >= 4 is 34.8 Å². The molecule has 3 nitrogen and oxygen atoms in total. The summed E-state index contributed by atoms with van der Waals surface area (Å²) >= 11 is 12.0. The molecule has 1 saturated heterocycles. The van der Waals surface area contributed by atoms with E-state index in [2.05, 4.69) is 5.32 Å². The molecule has 0 aliphatic carbocycles. The number of nitrogens with one attached hydrogen (secondary N) is 1. The number of anilines is 1. The molecule has 2 aromatic rings. The van der Waals surface area contributed by atoms with E-state index in [9.17, 15) is 18.0 Å². The van der Waals surface area contributed by atoms with E-state index in [0.717, 1.165) is 5.56 Å². The van der Waals surface area contributed by atoms with Crippen LogP contribution in [0, 0.1) is 0 Å². The van der Waals surface area contributed by atoms with Crippen LogP contribution in [0.15, 0.2) is 42.5 Å². The molecule has 162 valence electrons. The minimum absolute atomic E-state index is 0.0544. The van der Waals surface area contributed by atoms with E-state index in [0.29, 0.717) is 12.1 Å². The first-order valence-electron chi connectivity index (χ1n) is 9.73. The van der Waals surface area contributed by atoms with Crippen LogP contribution in [-0.2, 0) is 10.2 Å². The Morgan fingerprint density at radius 1 is 1.17 bits per heavy atom. The third-order valence-electron chi connectivity index (χ3n) is 5.68. The van der Waals surface area contributed by atoms with Crippen molar-refractivity contribution in [3.05, 3.63) is 63.6 Å². The zero-order valence-electron chi connectivity index (χ0n) is 16.7. The third kappa shape index (κ3) is 4.54. The van der Waals surface area contributed by atoms with Crippen LogP contribution in [0.2, 0.25) is 10.0 Å². The van der Waals surface area contributed by atoms with Crippen LogP contribution in [0.3, 0.4) is 0 Å².